The third-order valence-corrected chi connectivity index (χ3v) is 5.45. The zero-order valence-electron chi connectivity index (χ0n) is 17.1. The molecule has 0 bridgehead atoms. The van der Waals surface area contributed by atoms with Crippen LogP contribution in [-0.2, 0) is 14.8 Å². The van der Waals surface area contributed by atoms with Crippen molar-refractivity contribution in [3.8, 4) is 23.0 Å². The normalized spacial score (nSPS) is 10.8. The fraction of sp³-hybridized carbons (Fsp3) is 0.263. The molecular weight excluding hydrogens is 434 g/mol. The van der Waals surface area contributed by atoms with Crippen LogP contribution >= 0.6 is 0 Å². The number of benzene rings is 2. The van der Waals surface area contributed by atoms with Crippen molar-refractivity contribution in [2.75, 3.05) is 32.7 Å². The number of aromatic carboxylic acids is 1. The standard InChI is InChI=1S/C19H21NO10S/c1-10-7-11(5-6-13(10)30-9-15(21)22)31(25,26)20-16-12(19(23)24)8-14(27-2)17(28-3)18(16)29-4/h5-8,20H,9H2,1-4H3,(H,21,22)(H,23,24). The Balaban J connectivity index is 2.55. The molecule has 2 aromatic rings. The van der Waals surface area contributed by atoms with Crippen molar-refractivity contribution in [1.29, 1.82) is 0 Å². The monoisotopic (exact) mass is 455 g/mol. The number of rotatable bonds is 10. The van der Waals surface area contributed by atoms with Crippen LogP contribution in [0.2, 0.25) is 0 Å². The molecule has 0 aliphatic carbocycles. The van der Waals surface area contributed by atoms with Crippen molar-refractivity contribution in [3.63, 3.8) is 0 Å². The van der Waals surface area contributed by atoms with Crippen LogP contribution in [0.3, 0.4) is 0 Å². The smallest absolute Gasteiger partial charge is 0.341 e. The van der Waals surface area contributed by atoms with E-state index >= 15 is 0 Å². The van der Waals surface area contributed by atoms with Crippen LogP contribution in [0.1, 0.15) is 15.9 Å². The van der Waals surface area contributed by atoms with E-state index in [1.165, 1.54) is 46.5 Å². The lowest BCUT2D eigenvalue weighted by Crippen LogP contribution is -2.17. The number of carboxylic acid groups (broad SMARTS) is 2. The number of sulfonamides is 1. The Bertz CT molecular complexity index is 1110. The van der Waals surface area contributed by atoms with Crippen molar-refractivity contribution in [1.82, 2.24) is 0 Å². The van der Waals surface area contributed by atoms with Crippen molar-refractivity contribution in [2.45, 2.75) is 11.8 Å². The number of methoxy groups -OCH3 is 3. The summed E-state index contributed by atoms with van der Waals surface area (Å²) in [6.45, 7) is 0.950. The van der Waals surface area contributed by atoms with Gasteiger partial charge in [0.15, 0.2) is 18.1 Å². The van der Waals surface area contributed by atoms with E-state index in [2.05, 4.69) is 4.72 Å². The second kappa shape index (κ2) is 9.43. The molecule has 3 N–H and O–H groups in total. The van der Waals surface area contributed by atoms with E-state index in [4.69, 9.17) is 24.1 Å². The van der Waals surface area contributed by atoms with Crippen LogP contribution in [0, 0.1) is 6.92 Å². The Morgan fingerprint density at radius 2 is 1.61 bits per heavy atom. The number of hydrogen-bond donors (Lipinski definition) is 3. The summed E-state index contributed by atoms with van der Waals surface area (Å²) in [5.41, 5.74) is -0.408. The Morgan fingerprint density at radius 3 is 2.10 bits per heavy atom. The van der Waals surface area contributed by atoms with Gasteiger partial charge in [0.05, 0.1) is 31.8 Å². The number of anilines is 1. The molecule has 31 heavy (non-hydrogen) atoms. The topological polar surface area (TPSA) is 158 Å². The Hall–Kier alpha value is -3.67. The van der Waals surface area contributed by atoms with Gasteiger partial charge in [0.1, 0.15) is 11.4 Å². The first-order valence-electron chi connectivity index (χ1n) is 8.60. The van der Waals surface area contributed by atoms with Crippen LogP contribution in [-0.4, -0.2) is 58.5 Å². The number of hydrogen-bond acceptors (Lipinski definition) is 8. The number of nitrogens with one attached hydrogen (secondary N) is 1. The maximum Gasteiger partial charge on any atom is 0.341 e. The molecule has 0 spiro atoms. The molecule has 0 unspecified atom stereocenters. The molecule has 11 nitrogen and oxygen atoms in total. The van der Waals surface area contributed by atoms with Gasteiger partial charge < -0.3 is 29.2 Å². The number of ether oxygens (including phenoxy) is 4. The molecule has 0 saturated carbocycles. The van der Waals surface area contributed by atoms with Gasteiger partial charge in [-0.1, -0.05) is 0 Å². The predicted molar refractivity (Wildman–Crippen MR) is 108 cm³/mol. The van der Waals surface area contributed by atoms with Gasteiger partial charge >= 0.3 is 11.9 Å². The van der Waals surface area contributed by atoms with Gasteiger partial charge in [-0.3, -0.25) is 4.72 Å². The van der Waals surface area contributed by atoms with Gasteiger partial charge in [-0.2, -0.15) is 0 Å². The lowest BCUT2D eigenvalue weighted by atomic mass is 10.1. The summed E-state index contributed by atoms with van der Waals surface area (Å²) in [6, 6.07) is 4.86. The summed E-state index contributed by atoms with van der Waals surface area (Å²) in [7, 11) is -0.472. The van der Waals surface area contributed by atoms with Gasteiger partial charge in [-0.25, -0.2) is 18.0 Å². The first-order chi connectivity index (χ1) is 14.5. The molecular formula is C19H21NO10S. The molecule has 12 heteroatoms. The third kappa shape index (κ3) is 5.09. The molecule has 0 atom stereocenters. The maximum atomic E-state index is 13.0. The third-order valence-electron chi connectivity index (χ3n) is 4.10. The summed E-state index contributed by atoms with van der Waals surface area (Å²) < 4.78 is 48.7. The minimum absolute atomic E-state index is 0.00120. The summed E-state index contributed by atoms with van der Waals surface area (Å²) in [5.74, 6) is -2.56. The summed E-state index contributed by atoms with van der Waals surface area (Å²) in [6.07, 6.45) is 0. The van der Waals surface area contributed by atoms with Crippen LogP contribution in [0.4, 0.5) is 5.69 Å². The number of aryl methyl sites for hydroxylation is 1. The van der Waals surface area contributed by atoms with Crippen molar-refractivity contribution in [3.05, 3.63) is 35.4 Å². The number of aliphatic carboxylic acids is 1. The zero-order chi connectivity index (χ0) is 23.3. The fourth-order valence-electron chi connectivity index (χ4n) is 2.71. The molecule has 0 aromatic heterocycles. The average Bonchev–Trinajstić information content (AvgIpc) is 2.71. The summed E-state index contributed by atoms with van der Waals surface area (Å²) >= 11 is 0. The van der Waals surface area contributed by atoms with E-state index in [1.54, 1.807) is 0 Å². The lowest BCUT2D eigenvalue weighted by Gasteiger charge is -2.19. The molecule has 0 fully saturated rings. The largest absolute Gasteiger partial charge is 0.493 e. The first kappa shape index (κ1) is 23.6. The average molecular weight is 455 g/mol. The van der Waals surface area contributed by atoms with Gasteiger partial charge in [0.2, 0.25) is 5.75 Å². The van der Waals surface area contributed by atoms with Crippen molar-refractivity contribution >= 4 is 27.6 Å². The molecule has 0 amide bonds. The lowest BCUT2D eigenvalue weighted by molar-refractivity contribution is -0.139. The minimum atomic E-state index is -4.28. The molecule has 0 aliphatic rings. The SMILES string of the molecule is COc1cc(C(=O)O)c(NS(=O)(=O)c2ccc(OCC(=O)O)c(C)c2)c(OC)c1OC. The Kier molecular flexibility index (Phi) is 7.18. The molecule has 0 heterocycles. The van der Waals surface area contributed by atoms with E-state index in [1.807, 2.05) is 0 Å². The molecule has 0 radical (unpaired) electrons. The highest BCUT2D eigenvalue weighted by Crippen LogP contribution is 2.46. The molecule has 0 saturated heterocycles. The van der Waals surface area contributed by atoms with Crippen molar-refractivity contribution in [2.24, 2.45) is 0 Å². The van der Waals surface area contributed by atoms with Crippen LogP contribution in [0.15, 0.2) is 29.2 Å². The van der Waals surface area contributed by atoms with Gasteiger partial charge in [0, 0.05) is 6.07 Å². The summed E-state index contributed by atoms with van der Waals surface area (Å²) in [4.78, 5) is 22.2. The highest BCUT2D eigenvalue weighted by Gasteiger charge is 2.28. The highest BCUT2D eigenvalue weighted by molar-refractivity contribution is 7.92. The second-order valence-corrected chi connectivity index (χ2v) is 7.77. The Labute approximate surface area is 178 Å². The van der Waals surface area contributed by atoms with E-state index < -0.39 is 34.1 Å². The fourth-order valence-corrected chi connectivity index (χ4v) is 3.88. The molecule has 168 valence electrons. The second-order valence-electron chi connectivity index (χ2n) is 6.09. The zero-order valence-corrected chi connectivity index (χ0v) is 17.9. The van der Waals surface area contributed by atoms with E-state index in [-0.39, 0.29) is 33.6 Å². The first-order valence-corrected chi connectivity index (χ1v) is 10.1. The highest BCUT2D eigenvalue weighted by atomic mass is 32.2. The predicted octanol–water partition coefficient (Wildman–Crippen LogP) is 1.98. The van der Waals surface area contributed by atoms with Crippen LogP contribution in [0.25, 0.3) is 0 Å². The number of carbonyl (C=O) groups is 2. The summed E-state index contributed by atoms with van der Waals surface area (Å²) in [5, 5.41) is 18.3. The molecule has 2 aromatic carbocycles. The van der Waals surface area contributed by atoms with Crippen LogP contribution in [0.5, 0.6) is 23.0 Å². The molecule has 0 aliphatic heterocycles. The van der Waals surface area contributed by atoms with E-state index in [0.717, 1.165) is 6.07 Å². The minimum Gasteiger partial charge on any atom is -0.493 e. The Morgan fingerprint density at radius 1 is 0.968 bits per heavy atom. The quantitative estimate of drug-likeness (QED) is 0.484. The van der Waals surface area contributed by atoms with Gasteiger partial charge in [-0.15, -0.1) is 0 Å². The van der Waals surface area contributed by atoms with Gasteiger partial charge in [-0.05, 0) is 30.7 Å². The maximum absolute atomic E-state index is 13.0. The number of carboxylic acids is 2. The van der Waals surface area contributed by atoms with Crippen molar-refractivity contribution < 1.29 is 47.2 Å². The van der Waals surface area contributed by atoms with Crippen LogP contribution < -0.4 is 23.7 Å². The van der Waals surface area contributed by atoms with Gasteiger partial charge in [0.25, 0.3) is 10.0 Å². The molecule has 2 rings (SSSR count). The van der Waals surface area contributed by atoms with E-state index in [9.17, 15) is 23.1 Å². The van der Waals surface area contributed by atoms with E-state index in [0.29, 0.717) is 5.56 Å².